The van der Waals surface area contributed by atoms with Gasteiger partial charge < -0.3 is 4.57 Å². The molecule has 0 radical (unpaired) electrons. The Bertz CT molecular complexity index is 644. The molecule has 0 unspecified atom stereocenters. The average Bonchev–Trinajstić information content (AvgIpc) is 2.56. The van der Waals surface area contributed by atoms with Crippen molar-refractivity contribution < 1.29 is 8.42 Å². The Kier molecular flexibility index (Phi) is 3.19. The minimum Gasteiger partial charge on any atom is -0.346 e. The predicted octanol–water partition coefficient (Wildman–Crippen LogP) is 3.22. The van der Waals surface area contributed by atoms with Gasteiger partial charge in [-0.25, -0.2) is 8.42 Å². The molecule has 1 aromatic carbocycles. The number of rotatable bonds is 3. The standard InChI is InChI=1S/C12H14ClNO2S/c1-9(2)7-14-8-12(17(13,15)16)10-5-3-4-6-11(10)14/h3-6,8-9H,7H2,1-2H3. The van der Waals surface area contributed by atoms with Gasteiger partial charge in [0.1, 0.15) is 4.90 Å². The zero-order valence-corrected chi connectivity index (χ0v) is 11.3. The van der Waals surface area contributed by atoms with Crippen molar-refractivity contribution in [1.29, 1.82) is 0 Å². The summed E-state index contributed by atoms with van der Waals surface area (Å²) in [6, 6.07) is 7.39. The monoisotopic (exact) mass is 271 g/mol. The zero-order valence-electron chi connectivity index (χ0n) is 9.72. The number of aromatic nitrogens is 1. The van der Waals surface area contributed by atoms with Crippen molar-refractivity contribution in [1.82, 2.24) is 4.57 Å². The van der Waals surface area contributed by atoms with Crippen LogP contribution in [0.2, 0.25) is 0 Å². The van der Waals surface area contributed by atoms with Crippen LogP contribution in [0.3, 0.4) is 0 Å². The van der Waals surface area contributed by atoms with E-state index in [1.54, 1.807) is 12.3 Å². The molecule has 1 heterocycles. The van der Waals surface area contributed by atoms with Gasteiger partial charge in [0.15, 0.2) is 0 Å². The number of nitrogens with zero attached hydrogens (tertiary/aromatic N) is 1. The Morgan fingerprint density at radius 2 is 1.94 bits per heavy atom. The van der Waals surface area contributed by atoms with Crippen LogP contribution in [0.25, 0.3) is 10.9 Å². The van der Waals surface area contributed by atoms with E-state index in [-0.39, 0.29) is 4.90 Å². The van der Waals surface area contributed by atoms with Gasteiger partial charge in [-0.2, -0.15) is 0 Å². The fourth-order valence-corrected chi connectivity index (χ4v) is 3.01. The molecule has 1 aromatic heterocycles. The molecule has 2 aromatic rings. The molecule has 17 heavy (non-hydrogen) atoms. The number of benzene rings is 1. The lowest BCUT2D eigenvalue weighted by atomic mass is 10.2. The molecule has 0 aliphatic rings. The number of halogens is 1. The third kappa shape index (κ3) is 2.48. The summed E-state index contributed by atoms with van der Waals surface area (Å²) < 4.78 is 24.9. The van der Waals surface area contributed by atoms with Crippen LogP contribution in [0.4, 0.5) is 0 Å². The fourth-order valence-electron chi connectivity index (χ4n) is 1.95. The molecule has 0 amide bonds. The highest BCUT2D eigenvalue weighted by molar-refractivity contribution is 8.14. The van der Waals surface area contributed by atoms with E-state index in [0.717, 1.165) is 12.1 Å². The van der Waals surface area contributed by atoms with Gasteiger partial charge in [-0.15, -0.1) is 0 Å². The summed E-state index contributed by atoms with van der Waals surface area (Å²) in [5, 5.41) is 0.683. The van der Waals surface area contributed by atoms with Crippen LogP contribution in [-0.2, 0) is 15.6 Å². The Morgan fingerprint density at radius 3 is 2.53 bits per heavy atom. The van der Waals surface area contributed by atoms with E-state index in [9.17, 15) is 8.42 Å². The third-order valence-corrected chi connectivity index (χ3v) is 3.93. The van der Waals surface area contributed by atoms with Crippen LogP contribution < -0.4 is 0 Å². The van der Waals surface area contributed by atoms with Crippen LogP contribution in [-0.4, -0.2) is 13.0 Å². The molecular weight excluding hydrogens is 258 g/mol. The smallest absolute Gasteiger partial charge is 0.263 e. The maximum atomic E-state index is 11.5. The molecular formula is C12H14ClNO2S. The van der Waals surface area contributed by atoms with E-state index in [2.05, 4.69) is 13.8 Å². The second-order valence-electron chi connectivity index (χ2n) is 4.49. The normalized spacial score (nSPS) is 12.5. The lowest BCUT2D eigenvalue weighted by Crippen LogP contribution is -2.02. The second-order valence-corrected chi connectivity index (χ2v) is 7.03. The highest BCUT2D eigenvalue weighted by Gasteiger charge is 2.18. The molecule has 0 spiro atoms. The second kappa shape index (κ2) is 4.35. The van der Waals surface area contributed by atoms with E-state index in [1.165, 1.54) is 0 Å². The molecule has 0 atom stereocenters. The first-order valence-corrected chi connectivity index (χ1v) is 7.73. The van der Waals surface area contributed by atoms with Crippen LogP contribution in [0.5, 0.6) is 0 Å². The summed E-state index contributed by atoms with van der Waals surface area (Å²) in [7, 11) is 1.75. The molecule has 0 saturated heterocycles. The van der Waals surface area contributed by atoms with Crippen molar-refractivity contribution in [3.8, 4) is 0 Å². The number of hydrogen-bond donors (Lipinski definition) is 0. The van der Waals surface area contributed by atoms with Crippen LogP contribution in [0.15, 0.2) is 35.4 Å². The first kappa shape index (κ1) is 12.5. The van der Waals surface area contributed by atoms with Crippen molar-refractivity contribution in [3.05, 3.63) is 30.5 Å². The maximum Gasteiger partial charge on any atom is 0.263 e. The summed E-state index contributed by atoms with van der Waals surface area (Å²) >= 11 is 0. The van der Waals surface area contributed by atoms with Crippen molar-refractivity contribution in [2.24, 2.45) is 5.92 Å². The lowest BCUT2D eigenvalue weighted by molar-refractivity contribution is 0.533. The molecule has 0 fully saturated rings. The molecule has 0 saturated carbocycles. The quantitative estimate of drug-likeness (QED) is 0.804. The van der Waals surface area contributed by atoms with Gasteiger partial charge in [0.25, 0.3) is 9.05 Å². The summed E-state index contributed by atoms with van der Waals surface area (Å²) in [5.74, 6) is 0.441. The van der Waals surface area contributed by atoms with Gasteiger partial charge in [0.05, 0.1) is 0 Å². The average molecular weight is 272 g/mol. The Morgan fingerprint density at radius 1 is 1.29 bits per heavy atom. The van der Waals surface area contributed by atoms with E-state index in [4.69, 9.17) is 10.7 Å². The molecule has 3 nitrogen and oxygen atoms in total. The van der Waals surface area contributed by atoms with Gasteiger partial charge in [-0.05, 0) is 12.0 Å². The van der Waals surface area contributed by atoms with Crippen molar-refractivity contribution in [3.63, 3.8) is 0 Å². The largest absolute Gasteiger partial charge is 0.346 e. The first-order chi connectivity index (χ1) is 7.89. The molecule has 0 N–H and O–H groups in total. The predicted molar refractivity (Wildman–Crippen MR) is 69.8 cm³/mol. The van der Waals surface area contributed by atoms with Gasteiger partial charge in [-0.3, -0.25) is 0 Å². The van der Waals surface area contributed by atoms with Crippen LogP contribution in [0.1, 0.15) is 13.8 Å². The van der Waals surface area contributed by atoms with E-state index < -0.39 is 9.05 Å². The molecule has 92 valence electrons. The molecule has 0 bridgehead atoms. The maximum absolute atomic E-state index is 11.5. The van der Waals surface area contributed by atoms with Crippen molar-refractivity contribution in [2.45, 2.75) is 25.3 Å². The molecule has 0 aliphatic heterocycles. The highest BCUT2D eigenvalue weighted by atomic mass is 35.7. The van der Waals surface area contributed by atoms with Crippen LogP contribution in [0, 0.1) is 5.92 Å². The number of hydrogen-bond acceptors (Lipinski definition) is 2. The zero-order chi connectivity index (χ0) is 12.6. The van der Waals surface area contributed by atoms with Gasteiger partial charge in [0.2, 0.25) is 0 Å². The summed E-state index contributed by atoms with van der Waals surface area (Å²) in [6.07, 6.45) is 1.62. The van der Waals surface area contributed by atoms with E-state index in [1.807, 2.05) is 22.8 Å². The van der Waals surface area contributed by atoms with Crippen molar-refractivity contribution in [2.75, 3.05) is 0 Å². The van der Waals surface area contributed by atoms with Gasteiger partial charge >= 0.3 is 0 Å². The molecule has 0 aliphatic carbocycles. The number of para-hydroxylation sites is 1. The van der Waals surface area contributed by atoms with Gasteiger partial charge in [-0.1, -0.05) is 32.0 Å². The summed E-state index contributed by atoms with van der Waals surface area (Å²) in [5.41, 5.74) is 0.903. The molecule has 5 heteroatoms. The molecule has 2 rings (SSSR count). The number of fused-ring (bicyclic) bond motifs is 1. The Balaban J connectivity index is 2.71. The van der Waals surface area contributed by atoms with E-state index in [0.29, 0.717) is 11.3 Å². The lowest BCUT2D eigenvalue weighted by Gasteiger charge is -2.07. The Hall–Kier alpha value is -1.00. The SMILES string of the molecule is CC(C)Cn1cc(S(=O)(=O)Cl)c2ccccc21. The minimum absolute atomic E-state index is 0.190. The fraction of sp³-hybridized carbons (Fsp3) is 0.333. The first-order valence-electron chi connectivity index (χ1n) is 5.42. The highest BCUT2D eigenvalue weighted by Crippen LogP contribution is 2.28. The topological polar surface area (TPSA) is 39.1 Å². The third-order valence-electron chi connectivity index (χ3n) is 2.58. The minimum atomic E-state index is -3.69. The Labute approximate surface area is 105 Å². The van der Waals surface area contributed by atoms with Crippen LogP contribution >= 0.6 is 10.7 Å². The van der Waals surface area contributed by atoms with Crippen molar-refractivity contribution >= 4 is 30.6 Å². The van der Waals surface area contributed by atoms with Gasteiger partial charge in [0, 0.05) is 34.3 Å². The summed E-state index contributed by atoms with van der Waals surface area (Å²) in [6.45, 7) is 4.94. The summed E-state index contributed by atoms with van der Waals surface area (Å²) in [4.78, 5) is 0.190. The van der Waals surface area contributed by atoms with E-state index >= 15 is 0 Å².